The molecule has 0 unspecified atom stereocenters. The van der Waals surface area contributed by atoms with Crippen LogP contribution in [0.25, 0.3) is 0 Å². The highest BCUT2D eigenvalue weighted by atomic mass is 79.9. The fourth-order valence-electron chi connectivity index (χ4n) is 0.886. The number of halogens is 1. The van der Waals surface area contributed by atoms with Crippen molar-refractivity contribution in [1.29, 1.82) is 0 Å². The average molecular weight is 262 g/mol. The van der Waals surface area contributed by atoms with Crippen molar-refractivity contribution in [2.75, 3.05) is 0 Å². The smallest absolute Gasteiger partial charge is 0.314 e. The Labute approximate surface area is 90.8 Å². The summed E-state index contributed by atoms with van der Waals surface area (Å²) in [6.07, 6.45) is 0. The minimum absolute atomic E-state index is 0.246. The highest BCUT2D eigenvalue weighted by molar-refractivity contribution is 9.10. The van der Waals surface area contributed by atoms with Gasteiger partial charge in [0.1, 0.15) is 0 Å². The summed E-state index contributed by atoms with van der Waals surface area (Å²) in [5.41, 5.74) is 0.199. The molecule has 4 nitrogen and oxygen atoms in total. The number of phenolic OH excluding ortho intramolecular Hbond substituents is 1. The summed E-state index contributed by atoms with van der Waals surface area (Å²) in [5.74, 6) is -0.319. The fourth-order valence-corrected chi connectivity index (χ4v) is 1.21. The first-order chi connectivity index (χ1) is 6.54. The Morgan fingerprint density at radius 1 is 1.43 bits per heavy atom. The number of rotatable bonds is 1. The summed E-state index contributed by atoms with van der Waals surface area (Å²) in [6.45, 7) is 5.57. The Morgan fingerprint density at radius 2 is 1.93 bits per heavy atom. The van der Waals surface area contributed by atoms with Crippen molar-refractivity contribution in [2.45, 2.75) is 20.8 Å². The lowest BCUT2D eigenvalue weighted by Crippen LogP contribution is -1.92. The van der Waals surface area contributed by atoms with Crippen LogP contribution >= 0.6 is 15.9 Å². The van der Waals surface area contributed by atoms with Gasteiger partial charge in [-0.15, -0.1) is 0 Å². The zero-order chi connectivity index (χ0) is 11.3. The minimum atomic E-state index is -0.602. The Morgan fingerprint density at radius 3 is 2.29 bits per heavy atom. The number of aryl methyl sites for hydroxylation is 1. The standard InChI is InChI=1S/C7H6BrNO3.C2H6/c1-4-2-3-5(8)7(10)6(4)9(11)12;1-2/h2-3,10H,1H3;1-2H3. The fraction of sp³-hybridized carbons (Fsp3) is 0.333. The first-order valence-electron chi connectivity index (χ1n) is 4.16. The molecule has 5 heteroatoms. The molecule has 0 amide bonds. The minimum Gasteiger partial charge on any atom is -0.501 e. The predicted molar refractivity (Wildman–Crippen MR) is 58.5 cm³/mol. The number of phenols is 1. The number of nitro benzene ring substituents is 1. The van der Waals surface area contributed by atoms with Gasteiger partial charge in [0.25, 0.3) is 0 Å². The van der Waals surface area contributed by atoms with Crippen LogP contribution in [0.1, 0.15) is 19.4 Å². The van der Waals surface area contributed by atoms with Gasteiger partial charge in [0.05, 0.1) is 9.40 Å². The Hall–Kier alpha value is -1.10. The molecule has 0 aliphatic heterocycles. The maximum atomic E-state index is 10.4. The number of aromatic hydroxyl groups is 1. The summed E-state index contributed by atoms with van der Waals surface area (Å²) in [7, 11) is 0. The molecule has 14 heavy (non-hydrogen) atoms. The van der Waals surface area contributed by atoms with Gasteiger partial charge in [-0.3, -0.25) is 10.1 Å². The van der Waals surface area contributed by atoms with Crippen molar-refractivity contribution in [3.8, 4) is 5.75 Å². The average Bonchev–Trinajstić information content (AvgIpc) is 2.15. The zero-order valence-corrected chi connectivity index (χ0v) is 9.83. The van der Waals surface area contributed by atoms with Crippen LogP contribution in [-0.4, -0.2) is 10.0 Å². The number of benzene rings is 1. The lowest BCUT2D eigenvalue weighted by Gasteiger charge is -2.00. The third-order valence-electron chi connectivity index (χ3n) is 1.49. The van der Waals surface area contributed by atoms with E-state index in [1.54, 1.807) is 19.1 Å². The van der Waals surface area contributed by atoms with Gasteiger partial charge in [-0.2, -0.15) is 0 Å². The molecule has 0 aliphatic carbocycles. The summed E-state index contributed by atoms with van der Waals surface area (Å²) >= 11 is 2.99. The lowest BCUT2D eigenvalue weighted by molar-refractivity contribution is -0.386. The topological polar surface area (TPSA) is 63.4 Å². The molecule has 0 saturated heterocycles. The molecule has 0 radical (unpaired) electrons. The van der Waals surface area contributed by atoms with Gasteiger partial charge in [-0.1, -0.05) is 19.9 Å². The summed E-state index contributed by atoms with van der Waals surface area (Å²) in [5, 5.41) is 19.7. The molecule has 0 atom stereocenters. The van der Waals surface area contributed by atoms with Crippen molar-refractivity contribution >= 4 is 21.6 Å². The molecule has 1 N–H and O–H groups in total. The Bertz CT molecular complexity index is 339. The second kappa shape index (κ2) is 5.59. The second-order valence-electron chi connectivity index (χ2n) is 2.32. The molecule has 0 heterocycles. The predicted octanol–water partition coefficient (Wildman–Crippen LogP) is 3.40. The van der Waals surface area contributed by atoms with Crippen molar-refractivity contribution in [1.82, 2.24) is 0 Å². The molecule has 1 rings (SSSR count). The molecule has 0 fully saturated rings. The normalized spacial score (nSPS) is 8.86. The highest BCUT2D eigenvalue weighted by Crippen LogP contribution is 2.35. The monoisotopic (exact) mass is 261 g/mol. The highest BCUT2D eigenvalue weighted by Gasteiger charge is 2.18. The van der Waals surface area contributed by atoms with Crippen LogP contribution < -0.4 is 0 Å². The lowest BCUT2D eigenvalue weighted by atomic mass is 10.2. The molecule has 0 bridgehead atoms. The van der Waals surface area contributed by atoms with E-state index in [9.17, 15) is 15.2 Å². The molecule has 1 aromatic rings. The first kappa shape index (κ1) is 12.9. The van der Waals surface area contributed by atoms with Crippen LogP contribution in [0, 0.1) is 17.0 Å². The number of hydrogen-bond acceptors (Lipinski definition) is 3. The number of nitrogens with zero attached hydrogens (tertiary/aromatic N) is 1. The summed E-state index contributed by atoms with van der Waals surface area (Å²) in [6, 6.07) is 3.14. The molecular formula is C9H12BrNO3. The molecule has 0 saturated carbocycles. The van der Waals surface area contributed by atoms with E-state index >= 15 is 0 Å². The van der Waals surface area contributed by atoms with Crippen LogP contribution in [0.5, 0.6) is 5.75 Å². The van der Waals surface area contributed by atoms with E-state index in [-0.39, 0.29) is 11.4 Å². The van der Waals surface area contributed by atoms with Crippen LogP contribution in [0.3, 0.4) is 0 Å². The largest absolute Gasteiger partial charge is 0.501 e. The van der Waals surface area contributed by atoms with Crippen LogP contribution in [0.4, 0.5) is 5.69 Å². The number of hydrogen-bond donors (Lipinski definition) is 1. The summed E-state index contributed by atoms with van der Waals surface area (Å²) in [4.78, 5) is 9.82. The van der Waals surface area contributed by atoms with Gasteiger partial charge in [0.15, 0.2) is 0 Å². The maximum absolute atomic E-state index is 10.4. The van der Waals surface area contributed by atoms with Gasteiger partial charge in [0.2, 0.25) is 5.75 Å². The van der Waals surface area contributed by atoms with Crippen LogP contribution in [0.2, 0.25) is 0 Å². The van der Waals surface area contributed by atoms with Gasteiger partial charge in [0, 0.05) is 5.56 Å². The Kier molecular flexibility index (Phi) is 5.15. The molecule has 78 valence electrons. The zero-order valence-electron chi connectivity index (χ0n) is 8.24. The molecular weight excluding hydrogens is 250 g/mol. The van der Waals surface area contributed by atoms with Gasteiger partial charge in [-0.25, -0.2) is 0 Å². The third-order valence-corrected chi connectivity index (χ3v) is 2.13. The molecule has 0 aliphatic rings. The van der Waals surface area contributed by atoms with Gasteiger partial charge < -0.3 is 5.11 Å². The Balaban J connectivity index is 0.000000791. The van der Waals surface area contributed by atoms with E-state index in [2.05, 4.69) is 15.9 Å². The van der Waals surface area contributed by atoms with E-state index < -0.39 is 4.92 Å². The van der Waals surface area contributed by atoms with Crippen LogP contribution in [-0.2, 0) is 0 Å². The maximum Gasteiger partial charge on any atom is 0.314 e. The van der Waals surface area contributed by atoms with E-state index in [1.165, 1.54) is 0 Å². The van der Waals surface area contributed by atoms with E-state index in [0.29, 0.717) is 10.0 Å². The van der Waals surface area contributed by atoms with Gasteiger partial charge in [-0.05, 0) is 28.9 Å². The van der Waals surface area contributed by atoms with E-state index in [1.807, 2.05) is 13.8 Å². The molecule has 1 aromatic carbocycles. The van der Waals surface area contributed by atoms with Crippen molar-refractivity contribution < 1.29 is 10.0 Å². The first-order valence-corrected chi connectivity index (χ1v) is 4.96. The van der Waals surface area contributed by atoms with Gasteiger partial charge >= 0.3 is 5.69 Å². The quantitative estimate of drug-likeness (QED) is 0.623. The van der Waals surface area contributed by atoms with E-state index in [4.69, 9.17) is 0 Å². The SMILES string of the molecule is CC.Cc1ccc(Br)c(O)c1[N+](=O)[O-]. The van der Waals surface area contributed by atoms with Crippen LogP contribution in [0.15, 0.2) is 16.6 Å². The number of nitro groups is 1. The van der Waals surface area contributed by atoms with Crippen molar-refractivity contribution in [3.05, 3.63) is 32.3 Å². The second-order valence-corrected chi connectivity index (χ2v) is 3.17. The van der Waals surface area contributed by atoms with Crippen molar-refractivity contribution in [3.63, 3.8) is 0 Å². The third kappa shape index (κ3) is 2.70. The van der Waals surface area contributed by atoms with E-state index in [0.717, 1.165) is 0 Å². The molecule has 0 aromatic heterocycles. The van der Waals surface area contributed by atoms with Crippen molar-refractivity contribution in [2.24, 2.45) is 0 Å². The molecule has 0 spiro atoms. The summed E-state index contributed by atoms with van der Waals surface area (Å²) < 4.78 is 0.333.